The molecule has 0 unspecified atom stereocenters. The monoisotopic (exact) mass is 246 g/mol. The van der Waals surface area contributed by atoms with Crippen molar-refractivity contribution in [3.05, 3.63) is 18.6 Å². The van der Waals surface area contributed by atoms with Crippen LogP contribution in [-0.2, 0) is 4.79 Å². The Bertz CT molecular complexity index is 607. The van der Waals surface area contributed by atoms with E-state index in [0.29, 0.717) is 24.7 Å². The molecule has 0 atom stereocenters. The van der Waals surface area contributed by atoms with Gasteiger partial charge in [-0.15, -0.1) is 0 Å². The minimum Gasteiger partial charge on any atom is -0.382 e. The number of amides is 1. The maximum absolute atomic E-state index is 11.7. The molecule has 1 aliphatic heterocycles. The maximum atomic E-state index is 11.7. The van der Waals surface area contributed by atoms with Crippen LogP contribution in [0.4, 0.5) is 11.6 Å². The average molecular weight is 246 g/mol. The fraction of sp³-hybridized carbons (Fsp3) is 0.364. The SMILES string of the molecule is CN1CCN(c2nc(N)cn3ccnc23)CC1=O. The summed E-state index contributed by atoms with van der Waals surface area (Å²) in [4.78, 5) is 23.9. The van der Waals surface area contributed by atoms with Crippen molar-refractivity contribution in [2.45, 2.75) is 0 Å². The van der Waals surface area contributed by atoms with Crippen molar-refractivity contribution in [2.75, 3.05) is 37.3 Å². The van der Waals surface area contributed by atoms with Crippen molar-refractivity contribution in [1.82, 2.24) is 19.3 Å². The quantitative estimate of drug-likeness (QED) is 0.740. The molecule has 94 valence electrons. The van der Waals surface area contributed by atoms with Gasteiger partial charge in [0.1, 0.15) is 5.82 Å². The van der Waals surface area contributed by atoms with Gasteiger partial charge in [0, 0.05) is 32.5 Å². The summed E-state index contributed by atoms with van der Waals surface area (Å²) < 4.78 is 1.82. The molecule has 1 saturated heterocycles. The first-order valence-electron chi connectivity index (χ1n) is 5.73. The standard InChI is InChI=1S/C11H14N6O/c1-15-4-5-17(7-9(15)18)11-10-13-2-3-16(10)6-8(12)14-11/h2-3,6H,4-5,7,12H2,1H3. The summed E-state index contributed by atoms with van der Waals surface area (Å²) >= 11 is 0. The van der Waals surface area contributed by atoms with Gasteiger partial charge < -0.3 is 19.9 Å². The molecule has 2 aromatic rings. The molecular weight excluding hydrogens is 232 g/mol. The zero-order valence-electron chi connectivity index (χ0n) is 10.1. The number of hydrogen-bond donors (Lipinski definition) is 1. The topological polar surface area (TPSA) is 79.8 Å². The van der Waals surface area contributed by atoms with Crippen LogP contribution in [0.3, 0.4) is 0 Å². The van der Waals surface area contributed by atoms with Gasteiger partial charge in [-0.1, -0.05) is 0 Å². The highest BCUT2D eigenvalue weighted by atomic mass is 16.2. The third kappa shape index (κ3) is 1.64. The number of imidazole rings is 1. The smallest absolute Gasteiger partial charge is 0.241 e. The molecule has 1 aliphatic rings. The Morgan fingerprint density at radius 2 is 2.22 bits per heavy atom. The predicted molar refractivity (Wildman–Crippen MR) is 67.2 cm³/mol. The van der Waals surface area contributed by atoms with E-state index in [-0.39, 0.29) is 5.91 Å². The van der Waals surface area contributed by atoms with Gasteiger partial charge in [0.15, 0.2) is 11.5 Å². The fourth-order valence-corrected chi connectivity index (χ4v) is 2.09. The molecule has 0 saturated carbocycles. The molecule has 2 N–H and O–H groups in total. The highest BCUT2D eigenvalue weighted by molar-refractivity contribution is 5.84. The Kier molecular flexibility index (Phi) is 2.32. The van der Waals surface area contributed by atoms with Crippen molar-refractivity contribution >= 4 is 23.2 Å². The molecule has 3 heterocycles. The molecule has 7 nitrogen and oxygen atoms in total. The number of nitrogens with zero attached hydrogens (tertiary/aromatic N) is 5. The van der Waals surface area contributed by atoms with E-state index in [2.05, 4.69) is 9.97 Å². The first-order chi connectivity index (χ1) is 8.65. The van der Waals surface area contributed by atoms with E-state index in [9.17, 15) is 4.79 Å². The summed E-state index contributed by atoms with van der Waals surface area (Å²) in [7, 11) is 1.80. The summed E-state index contributed by atoms with van der Waals surface area (Å²) in [6.45, 7) is 1.73. The first kappa shape index (κ1) is 10.8. The number of fused-ring (bicyclic) bond motifs is 1. The van der Waals surface area contributed by atoms with E-state index in [4.69, 9.17) is 5.73 Å². The van der Waals surface area contributed by atoms with Gasteiger partial charge in [0.25, 0.3) is 0 Å². The van der Waals surface area contributed by atoms with Crippen molar-refractivity contribution < 1.29 is 4.79 Å². The molecule has 1 fully saturated rings. The zero-order chi connectivity index (χ0) is 12.7. The van der Waals surface area contributed by atoms with Gasteiger partial charge in [-0.25, -0.2) is 9.97 Å². The van der Waals surface area contributed by atoms with Crippen molar-refractivity contribution in [2.24, 2.45) is 0 Å². The Balaban J connectivity index is 2.03. The lowest BCUT2D eigenvalue weighted by Gasteiger charge is -2.32. The predicted octanol–water partition coefficient (Wildman–Crippen LogP) is -0.410. The summed E-state index contributed by atoms with van der Waals surface area (Å²) in [5.74, 6) is 1.17. The molecule has 0 bridgehead atoms. The molecule has 18 heavy (non-hydrogen) atoms. The van der Waals surface area contributed by atoms with E-state index < -0.39 is 0 Å². The van der Waals surface area contributed by atoms with Crippen LogP contribution in [0.5, 0.6) is 0 Å². The summed E-state index contributed by atoms with van der Waals surface area (Å²) in [6.07, 6.45) is 5.22. The lowest BCUT2D eigenvalue weighted by atomic mass is 10.3. The highest BCUT2D eigenvalue weighted by Gasteiger charge is 2.24. The van der Waals surface area contributed by atoms with Gasteiger partial charge >= 0.3 is 0 Å². The van der Waals surface area contributed by atoms with Gasteiger partial charge in [-0.3, -0.25) is 4.79 Å². The van der Waals surface area contributed by atoms with E-state index in [0.717, 1.165) is 12.2 Å². The van der Waals surface area contributed by atoms with Gasteiger partial charge in [-0.2, -0.15) is 0 Å². The highest BCUT2D eigenvalue weighted by Crippen LogP contribution is 2.20. The minimum atomic E-state index is 0.0789. The van der Waals surface area contributed by atoms with Crippen LogP contribution in [-0.4, -0.2) is 51.9 Å². The number of likely N-dealkylation sites (N-methyl/N-ethyl adjacent to an activating group) is 1. The molecule has 1 amide bonds. The van der Waals surface area contributed by atoms with Crippen LogP contribution in [0, 0.1) is 0 Å². The average Bonchev–Trinajstić information content (AvgIpc) is 2.79. The van der Waals surface area contributed by atoms with Crippen molar-refractivity contribution in [3.8, 4) is 0 Å². The number of hydrogen-bond acceptors (Lipinski definition) is 5. The third-order valence-electron chi connectivity index (χ3n) is 3.13. The second-order valence-electron chi connectivity index (χ2n) is 4.38. The van der Waals surface area contributed by atoms with E-state index >= 15 is 0 Å². The number of carbonyl (C=O) groups excluding carboxylic acids is 1. The number of piperazine rings is 1. The lowest BCUT2D eigenvalue weighted by Crippen LogP contribution is -2.49. The number of nitrogen functional groups attached to an aromatic ring is 1. The lowest BCUT2D eigenvalue weighted by molar-refractivity contribution is -0.129. The molecule has 0 aliphatic carbocycles. The number of carbonyl (C=O) groups is 1. The molecular formula is C11H14N6O. The van der Waals surface area contributed by atoms with Crippen LogP contribution in [0.2, 0.25) is 0 Å². The molecule has 0 spiro atoms. The first-order valence-corrected chi connectivity index (χ1v) is 5.73. The Morgan fingerprint density at radius 1 is 1.39 bits per heavy atom. The van der Waals surface area contributed by atoms with Crippen LogP contribution < -0.4 is 10.6 Å². The zero-order valence-corrected chi connectivity index (χ0v) is 10.1. The second kappa shape index (κ2) is 3.86. The van der Waals surface area contributed by atoms with Crippen LogP contribution in [0.25, 0.3) is 5.65 Å². The maximum Gasteiger partial charge on any atom is 0.241 e. The van der Waals surface area contributed by atoms with E-state index in [1.807, 2.05) is 15.5 Å². The Labute approximate surface area is 104 Å². The van der Waals surface area contributed by atoms with Gasteiger partial charge in [-0.05, 0) is 0 Å². The van der Waals surface area contributed by atoms with Crippen molar-refractivity contribution in [3.63, 3.8) is 0 Å². The van der Waals surface area contributed by atoms with E-state index in [1.165, 1.54) is 0 Å². The number of anilines is 2. The minimum absolute atomic E-state index is 0.0789. The number of nitrogens with two attached hydrogens (primary N) is 1. The van der Waals surface area contributed by atoms with Gasteiger partial charge in [0.2, 0.25) is 5.91 Å². The third-order valence-corrected chi connectivity index (χ3v) is 3.13. The molecule has 7 heteroatoms. The Morgan fingerprint density at radius 3 is 3.00 bits per heavy atom. The van der Waals surface area contributed by atoms with Crippen LogP contribution in [0.15, 0.2) is 18.6 Å². The van der Waals surface area contributed by atoms with Gasteiger partial charge in [0.05, 0.1) is 12.7 Å². The van der Waals surface area contributed by atoms with E-state index in [1.54, 1.807) is 24.3 Å². The second-order valence-corrected chi connectivity index (χ2v) is 4.38. The normalized spacial score (nSPS) is 16.6. The largest absolute Gasteiger partial charge is 0.382 e. The molecule has 0 aromatic carbocycles. The fourth-order valence-electron chi connectivity index (χ4n) is 2.09. The summed E-state index contributed by atoms with van der Waals surface area (Å²) in [5.41, 5.74) is 6.49. The molecule has 2 aromatic heterocycles. The van der Waals surface area contributed by atoms with Crippen LogP contribution >= 0.6 is 0 Å². The Hall–Kier alpha value is -2.31. The summed E-state index contributed by atoms with van der Waals surface area (Å²) in [6, 6.07) is 0. The number of aromatic nitrogens is 3. The van der Waals surface area contributed by atoms with Crippen molar-refractivity contribution in [1.29, 1.82) is 0 Å². The van der Waals surface area contributed by atoms with Crippen LogP contribution in [0.1, 0.15) is 0 Å². The molecule has 0 radical (unpaired) electrons. The summed E-state index contributed by atoms with van der Waals surface area (Å²) in [5, 5.41) is 0. The number of rotatable bonds is 1. The molecule has 3 rings (SSSR count).